The molecule has 1 atom stereocenters. The number of rotatable bonds is 5. The van der Waals surface area contributed by atoms with Gasteiger partial charge in [0.25, 0.3) is 0 Å². The predicted molar refractivity (Wildman–Crippen MR) is 62.1 cm³/mol. The fourth-order valence-electron chi connectivity index (χ4n) is 1.59. The Bertz CT molecular complexity index is 337. The van der Waals surface area contributed by atoms with Crippen molar-refractivity contribution >= 4 is 0 Å². The van der Waals surface area contributed by atoms with Gasteiger partial charge < -0.3 is 5.73 Å². The van der Waals surface area contributed by atoms with Crippen LogP contribution in [0.3, 0.4) is 0 Å². The molecule has 0 saturated carbocycles. The molecular weight excluding hydrogens is 208 g/mol. The van der Waals surface area contributed by atoms with Crippen molar-refractivity contribution in [2.45, 2.75) is 39.2 Å². The number of hydrogen-bond acceptors (Lipinski definition) is 1. The van der Waals surface area contributed by atoms with Crippen LogP contribution in [0.15, 0.2) is 18.2 Å². The first-order chi connectivity index (χ1) is 7.50. The van der Waals surface area contributed by atoms with Crippen LogP contribution in [-0.4, -0.2) is 6.04 Å². The van der Waals surface area contributed by atoms with Gasteiger partial charge in [-0.15, -0.1) is 0 Å². The Hall–Kier alpha value is -0.960. The van der Waals surface area contributed by atoms with Gasteiger partial charge in [0.05, 0.1) is 0 Å². The van der Waals surface area contributed by atoms with E-state index in [2.05, 4.69) is 13.8 Å². The fraction of sp³-hybridized carbons (Fsp3) is 0.538. The van der Waals surface area contributed by atoms with Crippen LogP contribution in [0.1, 0.15) is 32.3 Å². The maximum atomic E-state index is 13.3. The van der Waals surface area contributed by atoms with Gasteiger partial charge in [-0.25, -0.2) is 8.78 Å². The van der Waals surface area contributed by atoms with Gasteiger partial charge in [-0.05, 0) is 36.8 Å². The highest BCUT2D eigenvalue weighted by Gasteiger charge is 2.08. The molecule has 0 bridgehead atoms. The smallest absolute Gasteiger partial charge is 0.129 e. The molecule has 1 nitrogen and oxygen atoms in total. The van der Waals surface area contributed by atoms with Gasteiger partial charge in [0.2, 0.25) is 0 Å². The summed E-state index contributed by atoms with van der Waals surface area (Å²) in [5.41, 5.74) is 6.46. The lowest BCUT2D eigenvalue weighted by atomic mass is 9.97. The molecule has 90 valence electrons. The standard InChI is InChI=1S/C13H19F2N/c1-9(2)13(16)5-3-4-10-6-7-11(14)8-12(10)15/h6-9,13H,3-5,16H2,1-2H3. The summed E-state index contributed by atoms with van der Waals surface area (Å²) in [5.74, 6) is -0.545. The van der Waals surface area contributed by atoms with E-state index in [1.807, 2.05) is 0 Å². The van der Waals surface area contributed by atoms with Crippen LogP contribution in [-0.2, 0) is 6.42 Å². The lowest BCUT2D eigenvalue weighted by Crippen LogP contribution is -2.26. The van der Waals surface area contributed by atoms with Crippen molar-refractivity contribution < 1.29 is 8.78 Å². The van der Waals surface area contributed by atoms with Crippen LogP contribution in [0.4, 0.5) is 8.78 Å². The zero-order chi connectivity index (χ0) is 12.1. The van der Waals surface area contributed by atoms with E-state index in [0.717, 1.165) is 18.9 Å². The normalized spacial score (nSPS) is 13.1. The average molecular weight is 227 g/mol. The van der Waals surface area contributed by atoms with Gasteiger partial charge in [-0.1, -0.05) is 19.9 Å². The molecule has 16 heavy (non-hydrogen) atoms. The van der Waals surface area contributed by atoms with E-state index >= 15 is 0 Å². The SMILES string of the molecule is CC(C)C(N)CCCc1ccc(F)cc1F. The van der Waals surface area contributed by atoms with E-state index < -0.39 is 11.6 Å². The third-order valence-corrected chi connectivity index (χ3v) is 2.85. The summed E-state index contributed by atoms with van der Waals surface area (Å²) in [6.45, 7) is 4.15. The molecule has 1 rings (SSSR count). The largest absolute Gasteiger partial charge is 0.327 e. The first kappa shape index (κ1) is 13.1. The van der Waals surface area contributed by atoms with Crippen LogP contribution in [0.5, 0.6) is 0 Å². The molecule has 0 aliphatic rings. The van der Waals surface area contributed by atoms with Crippen molar-refractivity contribution in [1.82, 2.24) is 0 Å². The number of halogens is 2. The number of benzene rings is 1. The minimum atomic E-state index is -0.528. The van der Waals surface area contributed by atoms with Crippen molar-refractivity contribution in [3.63, 3.8) is 0 Å². The Labute approximate surface area is 95.7 Å². The molecule has 3 heteroatoms. The zero-order valence-corrected chi connectivity index (χ0v) is 9.84. The molecule has 1 unspecified atom stereocenters. The molecule has 0 aliphatic heterocycles. The molecule has 0 aromatic heterocycles. The second-order valence-corrected chi connectivity index (χ2v) is 4.54. The van der Waals surface area contributed by atoms with Crippen LogP contribution in [0.25, 0.3) is 0 Å². The van der Waals surface area contributed by atoms with Crippen LogP contribution < -0.4 is 5.73 Å². The molecule has 0 saturated heterocycles. The minimum Gasteiger partial charge on any atom is -0.327 e. The van der Waals surface area contributed by atoms with E-state index in [1.54, 1.807) is 0 Å². The molecular formula is C13H19F2N. The zero-order valence-electron chi connectivity index (χ0n) is 9.84. The minimum absolute atomic E-state index is 0.156. The summed E-state index contributed by atoms with van der Waals surface area (Å²) < 4.78 is 25.9. The highest BCUT2D eigenvalue weighted by molar-refractivity contribution is 5.18. The van der Waals surface area contributed by atoms with Gasteiger partial charge in [0.1, 0.15) is 11.6 Å². The second-order valence-electron chi connectivity index (χ2n) is 4.54. The summed E-state index contributed by atoms with van der Waals surface area (Å²) in [6.07, 6.45) is 2.32. The molecule has 0 radical (unpaired) electrons. The molecule has 1 aromatic rings. The Morgan fingerprint density at radius 1 is 1.25 bits per heavy atom. The fourth-order valence-corrected chi connectivity index (χ4v) is 1.59. The first-order valence-corrected chi connectivity index (χ1v) is 5.70. The Kier molecular flexibility index (Phi) is 4.87. The number of hydrogen-bond donors (Lipinski definition) is 1. The van der Waals surface area contributed by atoms with Gasteiger partial charge in [0.15, 0.2) is 0 Å². The third kappa shape index (κ3) is 3.89. The van der Waals surface area contributed by atoms with Gasteiger partial charge in [0, 0.05) is 12.1 Å². The molecule has 0 amide bonds. The van der Waals surface area contributed by atoms with Crippen LogP contribution in [0.2, 0.25) is 0 Å². The summed E-state index contributed by atoms with van der Waals surface area (Å²) in [6, 6.07) is 3.88. The maximum Gasteiger partial charge on any atom is 0.129 e. The van der Waals surface area contributed by atoms with Crippen molar-refractivity contribution in [2.24, 2.45) is 11.7 Å². The van der Waals surface area contributed by atoms with Crippen molar-refractivity contribution in [1.29, 1.82) is 0 Å². The Morgan fingerprint density at radius 2 is 1.94 bits per heavy atom. The summed E-state index contributed by atoms with van der Waals surface area (Å²) in [7, 11) is 0. The monoisotopic (exact) mass is 227 g/mol. The molecule has 0 spiro atoms. The van der Waals surface area contributed by atoms with E-state index in [4.69, 9.17) is 5.73 Å². The predicted octanol–water partition coefficient (Wildman–Crippen LogP) is 3.27. The Morgan fingerprint density at radius 3 is 2.50 bits per heavy atom. The number of nitrogens with two attached hydrogens (primary N) is 1. The highest BCUT2D eigenvalue weighted by atomic mass is 19.1. The van der Waals surface area contributed by atoms with Crippen molar-refractivity contribution in [2.75, 3.05) is 0 Å². The summed E-state index contributed by atoms with van der Waals surface area (Å²) in [5, 5.41) is 0. The van der Waals surface area contributed by atoms with Gasteiger partial charge >= 0.3 is 0 Å². The summed E-state index contributed by atoms with van der Waals surface area (Å²) in [4.78, 5) is 0. The Balaban J connectivity index is 2.43. The van der Waals surface area contributed by atoms with E-state index in [-0.39, 0.29) is 6.04 Å². The topological polar surface area (TPSA) is 26.0 Å². The van der Waals surface area contributed by atoms with E-state index in [0.29, 0.717) is 17.9 Å². The van der Waals surface area contributed by atoms with Crippen molar-refractivity contribution in [3.8, 4) is 0 Å². The van der Waals surface area contributed by atoms with Gasteiger partial charge in [-0.3, -0.25) is 0 Å². The average Bonchev–Trinajstić information content (AvgIpc) is 2.20. The molecule has 0 aliphatic carbocycles. The molecule has 2 N–H and O–H groups in total. The number of aryl methyl sites for hydroxylation is 1. The highest BCUT2D eigenvalue weighted by Crippen LogP contribution is 2.14. The first-order valence-electron chi connectivity index (χ1n) is 5.70. The lowest BCUT2D eigenvalue weighted by molar-refractivity contribution is 0.450. The maximum absolute atomic E-state index is 13.3. The van der Waals surface area contributed by atoms with E-state index in [1.165, 1.54) is 12.1 Å². The lowest BCUT2D eigenvalue weighted by Gasteiger charge is -2.15. The van der Waals surface area contributed by atoms with E-state index in [9.17, 15) is 8.78 Å². The third-order valence-electron chi connectivity index (χ3n) is 2.85. The second kappa shape index (κ2) is 5.94. The molecule has 0 fully saturated rings. The van der Waals surface area contributed by atoms with Gasteiger partial charge in [-0.2, -0.15) is 0 Å². The van der Waals surface area contributed by atoms with Crippen LogP contribution in [0, 0.1) is 17.6 Å². The quantitative estimate of drug-likeness (QED) is 0.820. The summed E-state index contributed by atoms with van der Waals surface area (Å²) >= 11 is 0. The van der Waals surface area contributed by atoms with Crippen LogP contribution >= 0.6 is 0 Å². The van der Waals surface area contributed by atoms with Crippen molar-refractivity contribution in [3.05, 3.63) is 35.4 Å². The molecule has 1 aromatic carbocycles. The molecule has 0 heterocycles.